The molecule has 7 heteroatoms. The van der Waals surface area contributed by atoms with Crippen LogP contribution in [0.25, 0.3) is 0 Å². The van der Waals surface area contributed by atoms with Gasteiger partial charge in [0.2, 0.25) is 0 Å². The summed E-state index contributed by atoms with van der Waals surface area (Å²) in [5.74, 6) is -0.503. The van der Waals surface area contributed by atoms with Crippen LogP contribution in [0.2, 0.25) is 0 Å². The van der Waals surface area contributed by atoms with E-state index in [4.69, 9.17) is 21.3 Å². The van der Waals surface area contributed by atoms with Gasteiger partial charge in [-0.1, -0.05) is 25.3 Å². The van der Waals surface area contributed by atoms with Crippen molar-refractivity contribution in [1.29, 1.82) is 10.8 Å². The minimum absolute atomic E-state index is 0.0131. The van der Waals surface area contributed by atoms with Gasteiger partial charge in [0.1, 0.15) is 6.04 Å². The van der Waals surface area contributed by atoms with Crippen LogP contribution in [0.1, 0.15) is 45.4 Å². The van der Waals surface area contributed by atoms with Crippen LogP contribution in [0.3, 0.4) is 0 Å². The van der Waals surface area contributed by atoms with Gasteiger partial charge in [-0.25, -0.2) is 0 Å². The molecule has 0 bridgehead atoms. The van der Waals surface area contributed by atoms with E-state index >= 15 is 0 Å². The average Bonchev–Trinajstić information content (AvgIpc) is 2.72. The molecule has 0 spiro atoms. The third-order valence-electron chi connectivity index (χ3n) is 5.32. The molecule has 0 radical (unpaired) electrons. The number of aliphatic hydroxyl groups excluding tert-OH is 1. The Morgan fingerprint density at radius 2 is 2.03 bits per heavy atom. The summed E-state index contributed by atoms with van der Waals surface area (Å²) < 4.78 is 5.35. The maximum absolute atomic E-state index is 13.3. The van der Waals surface area contributed by atoms with Crippen LogP contribution >= 0.6 is 0 Å². The highest BCUT2D eigenvalue weighted by molar-refractivity contribution is 6.29. The van der Waals surface area contributed by atoms with Crippen molar-refractivity contribution in [1.82, 2.24) is 5.32 Å². The fraction of sp³-hybridized carbons (Fsp3) is 0.500. The number of hydrogen-bond acceptors (Lipinski definition) is 7. The van der Waals surface area contributed by atoms with Gasteiger partial charge in [-0.3, -0.25) is 4.79 Å². The van der Waals surface area contributed by atoms with Crippen LogP contribution in [0.4, 0.5) is 0 Å². The second-order valence-corrected chi connectivity index (χ2v) is 7.55. The van der Waals surface area contributed by atoms with Gasteiger partial charge in [0.15, 0.2) is 5.78 Å². The lowest BCUT2D eigenvalue weighted by Crippen LogP contribution is -2.45. The molecular weight excluding hydrogens is 368 g/mol. The summed E-state index contributed by atoms with van der Waals surface area (Å²) in [7, 11) is 1.61. The summed E-state index contributed by atoms with van der Waals surface area (Å²) >= 11 is 0. The van der Waals surface area contributed by atoms with E-state index in [9.17, 15) is 9.90 Å². The Kier molecular flexibility index (Phi) is 8.39. The Balaban J connectivity index is 2.28. The molecular formula is C22H32N4O3. The fourth-order valence-corrected chi connectivity index (χ4v) is 3.74. The Morgan fingerprint density at radius 3 is 2.62 bits per heavy atom. The van der Waals surface area contributed by atoms with Crippen LogP contribution < -0.4 is 11.1 Å². The van der Waals surface area contributed by atoms with E-state index in [1.165, 1.54) is 19.2 Å². The summed E-state index contributed by atoms with van der Waals surface area (Å²) in [6, 6.07) is -1.07. The van der Waals surface area contributed by atoms with Gasteiger partial charge in [0.25, 0.3) is 0 Å². The van der Waals surface area contributed by atoms with E-state index in [-0.39, 0.29) is 34.8 Å². The van der Waals surface area contributed by atoms with Gasteiger partial charge in [0.05, 0.1) is 23.1 Å². The third kappa shape index (κ3) is 6.15. The highest BCUT2D eigenvalue weighted by atomic mass is 16.5. The number of ketones is 1. The standard InChI is InChI=1S/C22H32N4O3/c1-14(27)11-19(24)21(26-16-9-6-10-17(12-16)29-2)22(28)18(13-23)20(25)15-7-4-3-5-8-15/h6,9,11-13,15,17,21,24-27H,3-5,7-8,10,23H2,1-2H3/b14-11-,18-13+,24-19?,25-20?. The predicted octanol–water partition coefficient (Wildman–Crippen LogP) is 3.30. The summed E-state index contributed by atoms with van der Waals surface area (Å²) in [4.78, 5) is 13.3. The van der Waals surface area contributed by atoms with Crippen molar-refractivity contribution >= 4 is 17.2 Å². The lowest BCUT2D eigenvalue weighted by Gasteiger charge is -2.26. The summed E-state index contributed by atoms with van der Waals surface area (Å²) in [6.45, 7) is 1.45. The number of hydrogen-bond donors (Lipinski definition) is 5. The van der Waals surface area contributed by atoms with Gasteiger partial charge >= 0.3 is 0 Å². The molecule has 2 atom stereocenters. The SMILES string of the molecule is COC1C=C(NC(C(=N)/C=C(/C)O)C(=O)/C(=C/N)C(=N)C2CCCCC2)C=CC1. The topological polar surface area (TPSA) is 132 Å². The largest absolute Gasteiger partial charge is 0.513 e. The van der Waals surface area contributed by atoms with Crippen molar-refractivity contribution < 1.29 is 14.6 Å². The summed E-state index contributed by atoms with van der Waals surface area (Å²) in [6.07, 6.45) is 13.6. The molecule has 7 nitrogen and oxygen atoms in total. The van der Waals surface area contributed by atoms with Crippen LogP contribution in [0.5, 0.6) is 0 Å². The number of ether oxygens (including phenoxy) is 1. The fourth-order valence-electron chi connectivity index (χ4n) is 3.74. The van der Waals surface area contributed by atoms with Crippen LogP contribution in [-0.4, -0.2) is 41.6 Å². The maximum Gasteiger partial charge on any atom is 0.194 e. The number of nitrogens with one attached hydrogen (secondary N) is 3. The zero-order chi connectivity index (χ0) is 21.4. The normalized spacial score (nSPS) is 22.0. The lowest BCUT2D eigenvalue weighted by atomic mass is 9.81. The number of rotatable bonds is 9. The number of allylic oxidation sites excluding steroid dienone is 2. The Labute approximate surface area is 172 Å². The van der Waals surface area contributed by atoms with Gasteiger partial charge in [0, 0.05) is 30.6 Å². The number of carbonyl (C=O) groups excluding carboxylic acids is 1. The van der Waals surface area contributed by atoms with E-state index in [1.54, 1.807) is 7.11 Å². The zero-order valence-electron chi connectivity index (χ0n) is 17.2. The summed E-state index contributed by atoms with van der Waals surface area (Å²) in [5, 5.41) is 29.5. The second kappa shape index (κ2) is 10.8. The van der Waals surface area contributed by atoms with Gasteiger partial charge in [-0.15, -0.1) is 0 Å². The number of carbonyl (C=O) groups is 1. The molecule has 2 rings (SSSR count). The maximum atomic E-state index is 13.3. The first-order chi connectivity index (χ1) is 13.9. The second-order valence-electron chi connectivity index (χ2n) is 7.55. The first kappa shape index (κ1) is 22.6. The minimum atomic E-state index is -1.07. The molecule has 0 aromatic carbocycles. The molecule has 0 saturated heterocycles. The number of methoxy groups -OCH3 is 1. The molecule has 0 aromatic heterocycles. The molecule has 158 valence electrons. The van der Waals surface area contributed by atoms with Crippen molar-refractivity contribution in [3.63, 3.8) is 0 Å². The molecule has 1 fully saturated rings. The molecule has 1 saturated carbocycles. The number of nitrogens with two attached hydrogens (primary N) is 1. The summed E-state index contributed by atoms with van der Waals surface area (Å²) in [5.41, 5.74) is 6.68. The Morgan fingerprint density at radius 1 is 1.34 bits per heavy atom. The lowest BCUT2D eigenvalue weighted by molar-refractivity contribution is -0.115. The van der Waals surface area contributed by atoms with Gasteiger partial charge < -0.3 is 31.7 Å². The van der Waals surface area contributed by atoms with Crippen LogP contribution in [0, 0.1) is 16.7 Å². The van der Waals surface area contributed by atoms with E-state index in [0.29, 0.717) is 5.70 Å². The quantitative estimate of drug-likeness (QED) is 0.230. The molecule has 29 heavy (non-hydrogen) atoms. The van der Waals surface area contributed by atoms with Crippen molar-refractivity contribution in [2.45, 2.75) is 57.6 Å². The van der Waals surface area contributed by atoms with Crippen molar-refractivity contribution in [3.8, 4) is 0 Å². The molecule has 0 aliphatic heterocycles. The number of aliphatic hydroxyl groups is 1. The monoisotopic (exact) mass is 400 g/mol. The Bertz CT molecular complexity index is 754. The van der Waals surface area contributed by atoms with E-state index in [0.717, 1.165) is 38.5 Å². The molecule has 0 amide bonds. The predicted molar refractivity (Wildman–Crippen MR) is 115 cm³/mol. The average molecular weight is 401 g/mol. The van der Waals surface area contributed by atoms with Crippen LogP contribution in [-0.2, 0) is 9.53 Å². The minimum Gasteiger partial charge on any atom is -0.513 e. The van der Waals surface area contributed by atoms with Gasteiger partial charge in [-0.05, 0) is 44.4 Å². The number of Topliss-reactive ketones (excluding diaryl/α,β-unsaturated/α-hetero) is 1. The van der Waals surface area contributed by atoms with E-state index in [1.807, 2.05) is 18.2 Å². The molecule has 0 heterocycles. The highest BCUT2D eigenvalue weighted by Gasteiger charge is 2.31. The van der Waals surface area contributed by atoms with E-state index in [2.05, 4.69) is 5.32 Å². The molecule has 2 aliphatic carbocycles. The van der Waals surface area contributed by atoms with Crippen molar-refractivity contribution in [2.75, 3.05) is 7.11 Å². The third-order valence-corrected chi connectivity index (χ3v) is 5.32. The molecule has 2 aliphatic rings. The van der Waals surface area contributed by atoms with Crippen LogP contribution in [0.15, 0.2) is 47.5 Å². The highest BCUT2D eigenvalue weighted by Crippen LogP contribution is 2.27. The van der Waals surface area contributed by atoms with Gasteiger partial charge in [-0.2, -0.15) is 0 Å². The van der Waals surface area contributed by atoms with Crippen molar-refractivity contribution in [2.24, 2.45) is 11.7 Å². The van der Waals surface area contributed by atoms with Crippen molar-refractivity contribution in [3.05, 3.63) is 47.5 Å². The zero-order valence-corrected chi connectivity index (χ0v) is 17.2. The first-order valence-electron chi connectivity index (χ1n) is 10.1. The Hall–Kier alpha value is -2.67. The molecule has 2 unspecified atom stereocenters. The molecule has 0 aromatic rings. The smallest absolute Gasteiger partial charge is 0.194 e. The first-order valence-corrected chi connectivity index (χ1v) is 10.1. The van der Waals surface area contributed by atoms with E-state index < -0.39 is 11.8 Å². The molecule has 6 N–H and O–H groups in total.